The van der Waals surface area contributed by atoms with E-state index in [1.54, 1.807) is 36.4 Å². The van der Waals surface area contributed by atoms with E-state index in [0.29, 0.717) is 17.1 Å². The number of rotatable bonds is 6. The highest BCUT2D eigenvalue weighted by molar-refractivity contribution is 6.02. The van der Waals surface area contributed by atoms with E-state index in [1.165, 1.54) is 6.26 Å². The maximum atomic E-state index is 12.1. The molecule has 0 aliphatic rings. The third kappa shape index (κ3) is 4.62. The van der Waals surface area contributed by atoms with Crippen LogP contribution >= 0.6 is 0 Å². The van der Waals surface area contributed by atoms with Crippen molar-refractivity contribution in [3.05, 3.63) is 90.9 Å². The number of carbonyl (C=O) groups excluding carboxylic acids is 2. The summed E-state index contributed by atoms with van der Waals surface area (Å²) in [5.41, 5.74) is 1.20. The van der Waals surface area contributed by atoms with Crippen LogP contribution in [0.1, 0.15) is 10.6 Å². The monoisotopic (exact) mass is 386 g/mol. The molecule has 4 rings (SSSR count). The first-order chi connectivity index (χ1) is 14.2. The summed E-state index contributed by atoms with van der Waals surface area (Å²) in [6.45, 7) is -0.102. The molecule has 4 aromatic rings. The Morgan fingerprint density at radius 2 is 1.52 bits per heavy atom. The van der Waals surface area contributed by atoms with Crippen LogP contribution in [0.25, 0.3) is 10.8 Å². The second-order valence-electron chi connectivity index (χ2n) is 6.35. The van der Waals surface area contributed by atoms with Gasteiger partial charge in [0.05, 0.1) is 6.26 Å². The summed E-state index contributed by atoms with van der Waals surface area (Å²) in [4.78, 5) is 24.1. The van der Waals surface area contributed by atoms with Crippen LogP contribution in [0.15, 0.2) is 89.5 Å². The Balaban J connectivity index is 1.30. The molecule has 2 amide bonds. The molecule has 2 N–H and O–H groups in total. The minimum Gasteiger partial charge on any atom is -0.484 e. The topological polar surface area (TPSA) is 80.6 Å². The molecule has 0 saturated carbocycles. The number of hydrogen-bond donors (Lipinski definition) is 2. The quantitative estimate of drug-likeness (QED) is 0.503. The molecular formula is C23H18N2O4. The van der Waals surface area contributed by atoms with Crippen LogP contribution in [0.3, 0.4) is 0 Å². The van der Waals surface area contributed by atoms with Crippen molar-refractivity contribution in [2.24, 2.45) is 0 Å². The summed E-state index contributed by atoms with van der Waals surface area (Å²) in [7, 11) is 0. The first-order valence-corrected chi connectivity index (χ1v) is 9.04. The Morgan fingerprint density at radius 1 is 0.793 bits per heavy atom. The third-order valence-corrected chi connectivity index (χ3v) is 4.26. The van der Waals surface area contributed by atoms with E-state index in [9.17, 15) is 9.59 Å². The summed E-state index contributed by atoms with van der Waals surface area (Å²) in [6.07, 6.45) is 1.44. The lowest BCUT2D eigenvalue weighted by Gasteiger charge is -2.09. The summed E-state index contributed by atoms with van der Waals surface area (Å²) in [5.74, 6) is 0.254. The van der Waals surface area contributed by atoms with Crippen molar-refractivity contribution in [1.29, 1.82) is 0 Å². The average Bonchev–Trinajstić information content (AvgIpc) is 3.29. The number of amides is 2. The molecule has 0 fully saturated rings. The Morgan fingerprint density at radius 3 is 2.24 bits per heavy atom. The van der Waals surface area contributed by atoms with Crippen molar-refractivity contribution in [1.82, 2.24) is 0 Å². The van der Waals surface area contributed by atoms with Crippen molar-refractivity contribution < 1.29 is 18.7 Å². The third-order valence-electron chi connectivity index (χ3n) is 4.26. The van der Waals surface area contributed by atoms with Gasteiger partial charge in [-0.05, 0) is 59.3 Å². The van der Waals surface area contributed by atoms with Crippen LogP contribution in [0.5, 0.6) is 5.75 Å². The van der Waals surface area contributed by atoms with Gasteiger partial charge in [0.1, 0.15) is 5.75 Å². The van der Waals surface area contributed by atoms with E-state index in [-0.39, 0.29) is 24.2 Å². The first kappa shape index (κ1) is 18.3. The summed E-state index contributed by atoms with van der Waals surface area (Å²) < 4.78 is 10.6. The van der Waals surface area contributed by atoms with Crippen molar-refractivity contribution in [2.45, 2.75) is 0 Å². The maximum absolute atomic E-state index is 12.1. The molecule has 6 nitrogen and oxygen atoms in total. The molecule has 0 radical (unpaired) electrons. The first-order valence-electron chi connectivity index (χ1n) is 9.04. The van der Waals surface area contributed by atoms with Gasteiger partial charge in [-0.1, -0.05) is 30.3 Å². The summed E-state index contributed by atoms with van der Waals surface area (Å²) in [6, 6.07) is 23.7. The molecule has 0 atom stereocenters. The number of anilines is 2. The predicted molar refractivity (Wildman–Crippen MR) is 111 cm³/mol. The van der Waals surface area contributed by atoms with Gasteiger partial charge in [-0.25, -0.2) is 0 Å². The van der Waals surface area contributed by atoms with E-state index in [2.05, 4.69) is 10.6 Å². The van der Waals surface area contributed by atoms with E-state index >= 15 is 0 Å². The Bertz CT molecular complexity index is 1140. The van der Waals surface area contributed by atoms with Crippen LogP contribution in [-0.2, 0) is 4.79 Å². The maximum Gasteiger partial charge on any atom is 0.291 e. The van der Waals surface area contributed by atoms with Crippen molar-refractivity contribution >= 4 is 34.0 Å². The highest BCUT2D eigenvalue weighted by Crippen LogP contribution is 2.20. The van der Waals surface area contributed by atoms with Crippen molar-refractivity contribution in [3.63, 3.8) is 0 Å². The van der Waals surface area contributed by atoms with Gasteiger partial charge in [0.2, 0.25) is 0 Å². The fourth-order valence-corrected chi connectivity index (χ4v) is 2.84. The standard InChI is InChI=1S/C23H18N2O4/c26-22(15-29-20-12-7-16-4-1-2-5-17(16)14-20)24-18-8-10-19(11-9-18)25-23(27)21-6-3-13-28-21/h1-14H,15H2,(H,24,26)(H,25,27). The molecule has 144 valence electrons. The lowest BCUT2D eigenvalue weighted by atomic mass is 10.1. The molecule has 29 heavy (non-hydrogen) atoms. The molecule has 0 saturated heterocycles. The van der Waals surface area contributed by atoms with Gasteiger partial charge in [0.25, 0.3) is 11.8 Å². The fourth-order valence-electron chi connectivity index (χ4n) is 2.84. The number of hydrogen-bond acceptors (Lipinski definition) is 4. The average molecular weight is 386 g/mol. The Kier molecular flexibility index (Phi) is 5.25. The van der Waals surface area contributed by atoms with E-state index in [1.807, 2.05) is 42.5 Å². The number of furan rings is 1. The Hall–Kier alpha value is -4.06. The van der Waals surface area contributed by atoms with Crippen molar-refractivity contribution in [2.75, 3.05) is 17.2 Å². The second kappa shape index (κ2) is 8.31. The van der Waals surface area contributed by atoms with Crippen LogP contribution in [-0.4, -0.2) is 18.4 Å². The molecule has 1 aromatic heterocycles. The van der Waals surface area contributed by atoms with Gasteiger partial charge in [-0.3, -0.25) is 9.59 Å². The predicted octanol–water partition coefficient (Wildman–Crippen LogP) is 4.70. The molecular weight excluding hydrogens is 368 g/mol. The van der Waals surface area contributed by atoms with Gasteiger partial charge in [0.15, 0.2) is 12.4 Å². The highest BCUT2D eigenvalue weighted by atomic mass is 16.5. The summed E-state index contributed by atoms with van der Waals surface area (Å²) >= 11 is 0. The molecule has 3 aromatic carbocycles. The molecule has 1 heterocycles. The number of ether oxygens (including phenoxy) is 1. The van der Waals surface area contributed by atoms with Crippen molar-refractivity contribution in [3.8, 4) is 5.75 Å². The van der Waals surface area contributed by atoms with E-state index < -0.39 is 0 Å². The lowest BCUT2D eigenvalue weighted by Crippen LogP contribution is -2.20. The highest BCUT2D eigenvalue weighted by Gasteiger charge is 2.09. The second-order valence-corrected chi connectivity index (χ2v) is 6.35. The van der Waals surface area contributed by atoms with Gasteiger partial charge in [0, 0.05) is 11.4 Å². The number of nitrogens with one attached hydrogen (secondary N) is 2. The molecule has 0 bridgehead atoms. The van der Waals surface area contributed by atoms with Crippen LogP contribution in [0, 0.1) is 0 Å². The summed E-state index contributed by atoms with van der Waals surface area (Å²) in [5, 5.41) is 7.65. The zero-order valence-electron chi connectivity index (χ0n) is 15.4. The molecule has 0 unspecified atom stereocenters. The van der Waals surface area contributed by atoms with Crippen LogP contribution < -0.4 is 15.4 Å². The van der Waals surface area contributed by atoms with Gasteiger partial charge < -0.3 is 19.8 Å². The van der Waals surface area contributed by atoms with Crippen LogP contribution in [0.2, 0.25) is 0 Å². The SMILES string of the molecule is O=C(COc1ccc2ccccc2c1)Nc1ccc(NC(=O)c2ccco2)cc1. The number of carbonyl (C=O) groups is 2. The lowest BCUT2D eigenvalue weighted by molar-refractivity contribution is -0.118. The number of benzene rings is 3. The van der Waals surface area contributed by atoms with Gasteiger partial charge >= 0.3 is 0 Å². The zero-order valence-corrected chi connectivity index (χ0v) is 15.4. The minimum absolute atomic E-state index is 0.102. The normalized spacial score (nSPS) is 10.5. The van der Waals surface area contributed by atoms with E-state index in [0.717, 1.165) is 10.8 Å². The smallest absolute Gasteiger partial charge is 0.291 e. The Labute approximate surface area is 167 Å². The molecule has 0 spiro atoms. The fraction of sp³-hybridized carbons (Fsp3) is 0.0435. The van der Waals surface area contributed by atoms with Crippen LogP contribution in [0.4, 0.5) is 11.4 Å². The van der Waals surface area contributed by atoms with Gasteiger partial charge in [-0.2, -0.15) is 0 Å². The molecule has 0 aliphatic carbocycles. The zero-order chi connectivity index (χ0) is 20.1. The molecule has 0 aliphatic heterocycles. The minimum atomic E-state index is -0.337. The van der Waals surface area contributed by atoms with Gasteiger partial charge in [-0.15, -0.1) is 0 Å². The largest absolute Gasteiger partial charge is 0.484 e. The molecule has 6 heteroatoms. The number of fused-ring (bicyclic) bond motifs is 1. The van der Waals surface area contributed by atoms with E-state index in [4.69, 9.17) is 9.15 Å².